The smallest absolute Gasteiger partial charge is 0.315 e. The molecule has 0 aromatic heterocycles. The summed E-state index contributed by atoms with van der Waals surface area (Å²) in [5.41, 5.74) is -0.236. The zero-order valence-electron chi connectivity index (χ0n) is 13.5. The fraction of sp³-hybridized carbons (Fsp3) is 0.867. The highest BCUT2D eigenvalue weighted by Gasteiger charge is 2.28. The lowest BCUT2D eigenvalue weighted by molar-refractivity contribution is -0.132. The summed E-state index contributed by atoms with van der Waals surface area (Å²) in [5.74, 6) is 0.547. The van der Waals surface area contributed by atoms with Crippen LogP contribution in [0, 0.1) is 5.92 Å². The highest BCUT2D eigenvalue weighted by Crippen LogP contribution is 2.20. The van der Waals surface area contributed by atoms with Crippen LogP contribution in [-0.4, -0.2) is 41.5 Å². The van der Waals surface area contributed by atoms with Gasteiger partial charge in [0.05, 0.1) is 0 Å². The Labute approximate surface area is 122 Å². The van der Waals surface area contributed by atoms with E-state index in [1.54, 1.807) is 0 Å². The van der Waals surface area contributed by atoms with Gasteiger partial charge in [-0.15, -0.1) is 0 Å². The molecule has 1 rings (SSSR count). The lowest BCUT2D eigenvalue weighted by Gasteiger charge is -2.36. The zero-order valence-corrected chi connectivity index (χ0v) is 13.5. The maximum Gasteiger partial charge on any atom is 0.315 e. The molecule has 2 N–H and O–H groups in total. The van der Waals surface area contributed by atoms with Gasteiger partial charge < -0.3 is 15.5 Å². The van der Waals surface area contributed by atoms with Crippen LogP contribution in [0.4, 0.5) is 4.79 Å². The van der Waals surface area contributed by atoms with E-state index in [1.165, 1.54) is 0 Å². The molecule has 1 aliphatic heterocycles. The summed E-state index contributed by atoms with van der Waals surface area (Å²) >= 11 is 0. The Bertz CT molecular complexity index is 350. The second kappa shape index (κ2) is 6.95. The van der Waals surface area contributed by atoms with E-state index in [0.717, 1.165) is 25.9 Å². The first kappa shape index (κ1) is 16.8. The van der Waals surface area contributed by atoms with Crippen LogP contribution in [0.3, 0.4) is 0 Å². The SMILES string of the molecule is CCC(=O)N1CCC[C@H]([C@H](C)NC(=O)NC(C)(C)C)C1. The Balaban J connectivity index is 2.48. The minimum Gasteiger partial charge on any atom is -0.342 e. The maximum absolute atomic E-state index is 11.9. The Morgan fingerprint density at radius 2 is 2.00 bits per heavy atom. The average molecular weight is 283 g/mol. The van der Waals surface area contributed by atoms with Crippen LogP contribution in [0.2, 0.25) is 0 Å². The van der Waals surface area contributed by atoms with Gasteiger partial charge in [0.2, 0.25) is 5.91 Å². The first-order chi connectivity index (χ1) is 9.23. The van der Waals surface area contributed by atoms with Gasteiger partial charge in [0.1, 0.15) is 0 Å². The Morgan fingerprint density at radius 3 is 2.55 bits per heavy atom. The molecule has 2 atom stereocenters. The third kappa shape index (κ3) is 5.39. The molecule has 5 nitrogen and oxygen atoms in total. The van der Waals surface area contributed by atoms with Gasteiger partial charge in [0.25, 0.3) is 0 Å². The van der Waals surface area contributed by atoms with E-state index in [0.29, 0.717) is 12.3 Å². The van der Waals surface area contributed by atoms with Crippen molar-refractivity contribution in [2.45, 2.75) is 65.5 Å². The quantitative estimate of drug-likeness (QED) is 0.833. The van der Waals surface area contributed by atoms with Crippen molar-refractivity contribution in [1.29, 1.82) is 0 Å². The van der Waals surface area contributed by atoms with Gasteiger partial charge in [-0.1, -0.05) is 6.92 Å². The number of carbonyl (C=O) groups excluding carboxylic acids is 2. The van der Waals surface area contributed by atoms with Gasteiger partial charge >= 0.3 is 6.03 Å². The zero-order chi connectivity index (χ0) is 15.3. The molecule has 0 aromatic rings. The molecule has 116 valence electrons. The van der Waals surface area contributed by atoms with Crippen LogP contribution >= 0.6 is 0 Å². The lowest BCUT2D eigenvalue weighted by atomic mass is 9.91. The summed E-state index contributed by atoms with van der Waals surface area (Å²) in [4.78, 5) is 25.6. The summed E-state index contributed by atoms with van der Waals surface area (Å²) in [6.45, 7) is 11.4. The van der Waals surface area contributed by atoms with Crippen LogP contribution in [0.1, 0.15) is 53.9 Å². The minimum absolute atomic E-state index is 0.0739. The lowest BCUT2D eigenvalue weighted by Crippen LogP contribution is -2.53. The van der Waals surface area contributed by atoms with E-state index >= 15 is 0 Å². The van der Waals surface area contributed by atoms with Crippen LogP contribution < -0.4 is 10.6 Å². The molecule has 0 bridgehead atoms. The fourth-order valence-electron chi connectivity index (χ4n) is 2.57. The molecule has 0 unspecified atom stereocenters. The summed E-state index contributed by atoms with van der Waals surface area (Å²) in [5, 5.41) is 5.90. The van der Waals surface area contributed by atoms with Gasteiger partial charge in [-0.05, 0) is 46.5 Å². The monoisotopic (exact) mass is 283 g/mol. The third-order valence-electron chi connectivity index (χ3n) is 3.67. The van der Waals surface area contributed by atoms with Crippen molar-refractivity contribution in [3.63, 3.8) is 0 Å². The van der Waals surface area contributed by atoms with Gasteiger partial charge in [-0.2, -0.15) is 0 Å². The van der Waals surface area contributed by atoms with Crippen molar-refractivity contribution in [3.05, 3.63) is 0 Å². The van der Waals surface area contributed by atoms with E-state index < -0.39 is 0 Å². The van der Waals surface area contributed by atoms with E-state index in [9.17, 15) is 9.59 Å². The molecule has 1 heterocycles. The average Bonchev–Trinajstić information content (AvgIpc) is 2.35. The molecule has 1 aliphatic rings. The fourth-order valence-corrected chi connectivity index (χ4v) is 2.57. The number of nitrogens with zero attached hydrogens (tertiary/aromatic N) is 1. The Hall–Kier alpha value is -1.26. The largest absolute Gasteiger partial charge is 0.342 e. The van der Waals surface area contributed by atoms with Crippen molar-refractivity contribution in [2.75, 3.05) is 13.1 Å². The van der Waals surface area contributed by atoms with Crippen LogP contribution in [0.15, 0.2) is 0 Å². The molecule has 1 fully saturated rings. The Kier molecular flexibility index (Phi) is 5.84. The van der Waals surface area contributed by atoms with E-state index in [4.69, 9.17) is 0 Å². The molecule has 3 amide bonds. The number of hydrogen-bond donors (Lipinski definition) is 2. The number of likely N-dealkylation sites (tertiary alicyclic amines) is 1. The first-order valence-corrected chi connectivity index (χ1v) is 7.59. The maximum atomic E-state index is 11.9. The van der Waals surface area contributed by atoms with E-state index in [-0.39, 0.29) is 23.5 Å². The van der Waals surface area contributed by atoms with E-state index in [1.807, 2.05) is 39.5 Å². The molecule has 0 aromatic carbocycles. The summed E-state index contributed by atoms with van der Waals surface area (Å²) in [7, 11) is 0. The number of urea groups is 1. The number of nitrogens with one attached hydrogen (secondary N) is 2. The van der Waals surface area contributed by atoms with E-state index in [2.05, 4.69) is 10.6 Å². The molecule has 5 heteroatoms. The number of hydrogen-bond acceptors (Lipinski definition) is 2. The summed E-state index contributed by atoms with van der Waals surface area (Å²) < 4.78 is 0. The number of rotatable bonds is 3. The molecular weight excluding hydrogens is 254 g/mol. The molecule has 20 heavy (non-hydrogen) atoms. The molecular formula is C15H29N3O2. The number of piperidine rings is 1. The van der Waals surface area contributed by atoms with Crippen LogP contribution in [0.5, 0.6) is 0 Å². The third-order valence-corrected chi connectivity index (χ3v) is 3.67. The van der Waals surface area contributed by atoms with Crippen molar-refractivity contribution in [3.8, 4) is 0 Å². The first-order valence-electron chi connectivity index (χ1n) is 7.59. The van der Waals surface area contributed by atoms with Gasteiger partial charge in [-0.25, -0.2) is 4.79 Å². The van der Waals surface area contributed by atoms with Gasteiger partial charge in [-0.3, -0.25) is 4.79 Å². The van der Waals surface area contributed by atoms with Crippen molar-refractivity contribution in [1.82, 2.24) is 15.5 Å². The normalized spacial score (nSPS) is 21.2. The molecule has 0 saturated carbocycles. The molecule has 0 spiro atoms. The van der Waals surface area contributed by atoms with Crippen molar-refractivity contribution >= 4 is 11.9 Å². The summed E-state index contributed by atoms with van der Waals surface area (Å²) in [6, 6.07) is -0.0613. The van der Waals surface area contributed by atoms with Gasteiger partial charge in [0.15, 0.2) is 0 Å². The summed E-state index contributed by atoms with van der Waals surface area (Å²) in [6.07, 6.45) is 2.63. The Morgan fingerprint density at radius 1 is 1.35 bits per heavy atom. The molecule has 1 saturated heterocycles. The van der Waals surface area contributed by atoms with Crippen LogP contribution in [0.25, 0.3) is 0 Å². The van der Waals surface area contributed by atoms with Gasteiger partial charge in [0, 0.05) is 31.1 Å². The second-order valence-corrected chi connectivity index (χ2v) is 6.73. The number of carbonyl (C=O) groups is 2. The standard InChI is InChI=1S/C15H29N3O2/c1-6-13(19)18-9-7-8-12(10-18)11(2)16-14(20)17-15(3,4)5/h11-12H,6-10H2,1-5H3,(H2,16,17,20)/t11-,12-/m0/s1. The highest BCUT2D eigenvalue weighted by atomic mass is 16.2. The van der Waals surface area contributed by atoms with Crippen molar-refractivity contribution in [2.24, 2.45) is 5.92 Å². The van der Waals surface area contributed by atoms with Crippen LogP contribution in [-0.2, 0) is 4.79 Å². The number of amides is 3. The molecule has 0 radical (unpaired) electrons. The minimum atomic E-state index is -0.236. The topological polar surface area (TPSA) is 61.4 Å². The second-order valence-electron chi connectivity index (χ2n) is 6.73. The highest BCUT2D eigenvalue weighted by molar-refractivity contribution is 5.76. The predicted molar refractivity (Wildman–Crippen MR) is 80.5 cm³/mol. The predicted octanol–water partition coefficient (Wildman–Crippen LogP) is 2.12. The van der Waals surface area contributed by atoms with Crippen molar-refractivity contribution < 1.29 is 9.59 Å². The molecule has 0 aliphatic carbocycles.